The van der Waals surface area contributed by atoms with E-state index in [0.717, 1.165) is 19.2 Å². The third-order valence-electron chi connectivity index (χ3n) is 1.95. The highest BCUT2D eigenvalue weighted by Crippen LogP contribution is 2.34. The molecular formula is C10H7BrFNO6. The molecule has 9 heteroatoms. The van der Waals surface area contributed by atoms with Crippen LogP contribution < -0.4 is 4.74 Å². The van der Waals surface area contributed by atoms with E-state index in [-0.39, 0.29) is 4.47 Å². The fourth-order valence-corrected chi connectivity index (χ4v) is 1.44. The maximum absolute atomic E-state index is 13.5. The highest BCUT2D eigenvalue weighted by Gasteiger charge is 2.26. The Kier molecular flexibility index (Phi) is 4.93. The van der Waals surface area contributed by atoms with Gasteiger partial charge in [0.15, 0.2) is 0 Å². The fourth-order valence-electron chi connectivity index (χ4n) is 1.12. The van der Waals surface area contributed by atoms with Gasteiger partial charge in [0.05, 0.1) is 16.5 Å². The zero-order valence-electron chi connectivity index (χ0n) is 9.51. The minimum atomic E-state index is -1.17. The van der Waals surface area contributed by atoms with E-state index >= 15 is 0 Å². The van der Waals surface area contributed by atoms with Crippen LogP contribution in [0.3, 0.4) is 0 Å². The Morgan fingerprint density at radius 1 is 1.42 bits per heavy atom. The largest absolute Gasteiger partial charge is 0.469 e. The van der Waals surface area contributed by atoms with Gasteiger partial charge in [0.2, 0.25) is 11.6 Å². The van der Waals surface area contributed by atoms with Crippen LogP contribution in [0.1, 0.15) is 6.42 Å². The summed E-state index contributed by atoms with van der Waals surface area (Å²) in [6, 6.07) is 2.18. The molecule has 1 aromatic rings. The zero-order chi connectivity index (χ0) is 14.6. The Morgan fingerprint density at radius 2 is 2.05 bits per heavy atom. The van der Waals surface area contributed by atoms with E-state index in [9.17, 15) is 24.1 Å². The molecule has 0 atom stereocenters. The monoisotopic (exact) mass is 335 g/mol. The third-order valence-corrected chi connectivity index (χ3v) is 2.57. The lowest BCUT2D eigenvalue weighted by molar-refractivity contribution is -0.388. The molecule has 1 rings (SSSR count). The molecule has 0 aliphatic carbocycles. The van der Waals surface area contributed by atoms with Crippen LogP contribution in [0.2, 0.25) is 0 Å². The molecule has 0 spiro atoms. The number of nitrogens with zero attached hydrogens (tertiary/aromatic N) is 1. The molecular weight excluding hydrogens is 329 g/mol. The molecule has 7 nitrogen and oxygen atoms in total. The highest BCUT2D eigenvalue weighted by molar-refractivity contribution is 9.10. The summed E-state index contributed by atoms with van der Waals surface area (Å²) in [5.74, 6) is -3.71. The lowest BCUT2D eigenvalue weighted by Crippen LogP contribution is -2.15. The van der Waals surface area contributed by atoms with Gasteiger partial charge in [-0.2, -0.15) is 4.39 Å². The Labute approximate surface area is 114 Å². The second kappa shape index (κ2) is 6.23. The second-order valence-corrected chi connectivity index (χ2v) is 4.05. The molecule has 0 radical (unpaired) electrons. The van der Waals surface area contributed by atoms with Crippen molar-refractivity contribution in [3.63, 3.8) is 0 Å². The number of hydrogen-bond acceptors (Lipinski definition) is 6. The molecule has 0 N–H and O–H groups in total. The van der Waals surface area contributed by atoms with Crippen molar-refractivity contribution >= 4 is 33.6 Å². The topological polar surface area (TPSA) is 95.7 Å². The van der Waals surface area contributed by atoms with E-state index in [4.69, 9.17) is 0 Å². The molecule has 0 saturated carbocycles. The number of nitro benzene ring substituents is 1. The fraction of sp³-hybridized carbons (Fsp3) is 0.200. The van der Waals surface area contributed by atoms with Gasteiger partial charge in [-0.05, 0) is 28.1 Å². The highest BCUT2D eigenvalue weighted by atomic mass is 79.9. The minimum absolute atomic E-state index is 0.146. The number of carbonyl (C=O) groups excluding carboxylic acids is 2. The van der Waals surface area contributed by atoms with Crippen molar-refractivity contribution in [2.75, 3.05) is 7.11 Å². The normalized spacial score (nSPS) is 9.84. The minimum Gasteiger partial charge on any atom is -0.469 e. The average molecular weight is 336 g/mol. The van der Waals surface area contributed by atoms with Gasteiger partial charge in [0.25, 0.3) is 0 Å². The lowest BCUT2D eigenvalue weighted by atomic mass is 10.3. The molecule has 0 saturated heterocycles. The van der Waals surface area contributed by atoms with Crippen molar-refractivity contribution in [2.45, 2.75) is 6.42 Å². The molecule has 0 amide bonds. The molecule has 102 valence electrons. The summed E-state index contributed by atoms with van der Waals surface area (Å²) in [6.07, 6.45) is -0.731. The van der Waals surface area contributed by atoms with Gasteiger partial charge < -0.3 is 9.47 Å². The number of hydrogen-bond donors (Lipinski definition) is 0. The van der Waals surface area contributed by atoms with E-state index in [0.29, 0.717) is 0 Å². The molecule has 0 unspecified atom stereocenters. The standard InChI is InChI=1S/C10H7BrFNO6/c1-18-7(14)4-8(15)19-6-3-2-5(11)9(12)10(6)13(16)17/h2-3H,4H2,1H3. The summed E-state index contributed by atoms with van der Waals surface area (Å²) >= 11 is 2.77. The first-order chi connectivity index (χ1) is 8.86. The summed E-state index contributed by atoms with van der Waals surface area (Å²) in [6.45, 7) is 0. The van der Waals surface area contributed by atoms with E-state index in [1.54, 1.807) is 0 Å². The van der Waals surface area contributed by atoms with Gasteiger partial charge in [-0.25, -0.2) is 0 Å². The number of halogens is 2. The predicted molar refractivity (Wildman–Crippen MR) is 63.0 cm³/mol. The Hall–Kier alpha value is -2.03. The van der Waals surface area contributed by atoms with Crippen LogP contribution in [0.5, 0.6) is 5.75 Å². The molecule has 0 fully saturated rings. The SMILES string of the molecule is COC(=O)CC(=O)Oc1ccc(Br)c(F)c1[N+](=O)[O-]. The quantitative estimate of drug-likeness (QED) is 0.274. The van der Waals surface area contributed by atoms with Gasteiger partial charge in [0.1, 0.15) is 6.42 Å². The number of benzene rings is 1. The number of ether oxygens (including phenoxy) is 2. The van der Waals surface area contributed by atoms with Crippen LogP contribution in [0.15, 0.2) is 16.6 Å². The number of carbonyl (C=O) groups is 2. The number of nitro groups is 1. The first kappa shape index (κ1) is 15.0. The summed E-state index contributed by atoms with van der Waals surface area (Å²) < 4.78 is 22.2. The molecule has 19 heavy (non-hydrogen) atoms. The van der Waals surface area contributed by atoms with Gasteiger partial charge >= 0.3 is 17.6 Å². The number of esters is 2. The average Bonchev–Trinajstić information content (AvgIpc) is 2.33. The summed E-state index contributed by atoms with van der Waals surface area (Å²) in [7, 11) is 1.07. The van der Waals surface area contributed by atoms with Gasteiger partial charge in [-0.15, -0.1) is 0 Å². The third kappa shape index (κ3) is 3.71. The summed E-state index contributed by atoms with van der Waals surface area (Å²) in [5, 5.41) is 10.7. The molecule has 0 aliphatic rings. The summed E-state index contributed by atoms with van der Waals surface area (Å²) in [4.78, 5) is 31.8. The van der Waals surface area contributed by atoms with Gasteiger partial charge in [-0.3, -0.25) is 19.7 Å². The number of rotatable bonds is 4. The van der Waals surface area contributed by atoms with Crippen molar-refractivity contribution in [1.82, 2.24) is 0 Å². The molecule has 0 aromatic heterocycles. The molecule has 0 heterocycles. The van der Waals surface area contributed by atoms with Gasteiger partial charge in [-0.1, -0.05) is 0 Å². The van der Waals surface area contributed by atoms with Crippen molar-refractivity contribution < 1.29 is 28.4 Å². The van der Waals surface area contributed by atoms with Crippen LogP contribution in [0.4, 0.5) is 10.1 Å². The van der Waals surface area contributed by atoms with E-state index in [2.05, 4.69) is 25.4 Å². The Bertz CT molecular complexity index is 547. The van der Waals surface area contributed by atoms with Crippen LogP contribution in [0, 0.1) is 15.9 Å². The first-order valence-corrected chi connectivity index (χ1v) is 5.56. The predicted octanol–water partition coefficient (Wildman–Crippen LogP) is 1.96. The van der Waals surface area contributed by atoms with E-state index in [1.807, 2.05) is 0 Å². The maximum atomic E-state index is 13.5. The zero-order valence-corrected chi connectivity index (χ0v) is 11.1. The van der Waals surface area contributed by atoms with Crippen molar-refractivity contribution in [3.05, 3.63) is 32.5 Å². The second-order valence-electron chi connectivity index (χ2n) is 3.19. The molecule has 0 bridgehead atoms. The van der Waals surface area contributed by atoms with Crippen molar-refractivity contribution in [3.8, 4) is 5.75 Å². The van der Waals surface area contributed by atoms with Gasteiger partial charge in [0, 0.05) is 0 Å². The molecule has 1 aromatic carbocycles. The smallest absolute Gasteiger partial charge is 0.348 e. The maximum Gasteiger partial charge on any atom is 0.348 e. The van der Waals surface area contributed by atoms with Crippen LogP contribution in [-0.2, 0) is 14.3 Å². The van der Waals surface area contributed by atoms with Crippen molar-refractivity contribution in [2.24, 2.45) is 0 Å². The first-order valence-electron chi connectivity index (χ1n) is 4.76. The van der Waals surface area contributed by atoms with Crippen LogP contribution in [0.25, 0.3) is 0 Å². The van der Waals surface area contributed by atoms with Crippen LogP contribution in [-0.4, -0.2) is 24.0 Å². The summed E-state index contributed by atoms with van der Waals surface area (Å²) in [5.41, 5.74) is -0.993. The van der Waals surface area contributed by atoms with Crippen molar-refractivity contribution in [1.29, 1.82) is 0 Å². The van der Waals surface area contributed by atoms with E-state index in [1.165, 1.54) is 0 Å². The number of methoxy groups -OCH3 is 1. The van der Waals surface area contributed by atoms with Crippen LogP contribution >= 0.6 is 15.9 Å². The van der Waals surface area contributed by atoms with E-state index < -0.39 is 40.5 Å². The Morgan fingerprint density at radius 3 is 2.58 bits per heavy atom. The Balaban J connectivity index is 3.02. The molecule has 0 aliphatic heterocycles. The lowest BCUT2D eigenvalue weighted by Gasteiger charge is -2.05.